The molecule has 0 saturated carbocycles. The highest BCUT2D eigenvalue weighted by Gasteiger charge is 2.34. The van der Waals surface area contributed by atoms with E-state index in [1.807, 2.05) is 66.7 Å². The van der Waals surface area contributed by atoms with E-state index in [9.17, 15) is 0 Å². The Hall–Kier alpha value is -6.39. The van der Waals surface area contributed by atoms with Gasteiger partial charge in [-0.1, -0.05) is 146 Å². The van der Waals surface area contributed by atoms with Gasteiger partial charge < -0.3 is 4.42 Å². The molecule has 8 aromatic rings. The molecule has 0 aliphatic heterocycles. The monoisotopic (exact) mass is 641 g/mol. The average Bonchev–Trinajstić information content (AvgIpc) is 3.73. The normalized spacial score (nSPS) is 15.8. The summed E-state index contributed by atoms with van der Waals surface area (Å²) >= 11 is 0. The number of hydrogen-bond acceptors (Lipinski definition) is 4. The van der Waals surface area contributed by atoms with Gasteiger partial charge in [0.2, 0.25) is 0 Å². The molecule has 4 nitrogen and oxygen atoms in total. The second-order valence-corrected chi connectivity index (χ2v) is 13.1. The van der Waals surface area contributed by atoms with Crippen LogP contribution < -0.4 is 10.6 Å². The third-order valence-corrected chi connectivity index (χ3v) is 10.2. The van der Waals surface area contributed by atoms with Crippen molar-refractivity contribution in [3.05, 3.63) is 173 Å². The second-order valence-electron chi connectivity index (χ2n) is 13.1. The molecule has 0 fully saturated rings. The van der Waals surface area contributed by atoms with E-state index < -0.39 is 0 Å². The number of aromatic nitrogens is 3. The van der Waals surface area contributed by atoms with E-state index in [0.29, 0.717) is 17.5 Å². The van der Waals surface area contributed by atoms with Gasteiger partial charge in [0.15, 0.2) is 17.5 Å². The summed E-state index contributed by atoms with van der Waals surface area (Å²) in [5.74, 6) is 2.40. The summed E-state index contributed by atoms with van der Waals surface area (Å²) in [7, 11) is 0. The molecule has 0 amide bonds. The van der Waals surface area contributed by atoms with Gasteiger partial charge in [0.05, 0.1) is 0 Å². The number of furan rings is 1. The van der Waals surface area contributed by atoms with Crippen LogP contribution in [0.25, 0.3) is 79.5 Å². The Kier molecular flexibility index (Phi) is 6.66. The Bertz CT molecular complexity index is 2620. The summed E-state index contributed by atoms with van der Waals surface area (Å²) in [4.78, 5) is 15.0. The maximum Gasteiger partial charge on any atom is 0.164 e. The maximum absolute atomic E-state index is 6.68. The lowest BCUT2D eigenvalue weighted by atomic mass is 9.80. The van der Waals surface area contributed by atoms with E-state index >= 15 is 0 Å². The SMILES string of the molecule is C1=c2oc3cccc(-c4nc(-c5ccccc5)nc(-c5ccccc5)n4)c3c2=CCC1C1c2ccccc2-c2ccc(-c3ccccc3)cc21. The summed E-state index contributed by atoms with van der Waals surface area (Å²) in [6.07, 6.45) is 5.63. The molecule has 2 aliphatic carbocycles. The van der Waals surface area contributed by atoms with E-state index in [-0.39, 0.29) is 11.8 Å². The van der Waals surface area contributed by atoms with Gasteiger partial charge >= 0.3 is 0 Å². The van der Waals surface area contributed by atoms with Crippen LogP contribution in [0, 0.1) is 5.92 Å². The lowest BCUT2D eigenvalue weighted by Crippen LogP contribution is -2.28. The van der Waals surface area contributed by atoms with E-state index in [4.69, 9.17) is 19.4 Å². The van der Waals surface area contributed by atoms with Crippen LogP contribution in [0.1, 0.15) is 23.5 Å². The maximum atomic E-state index is 6.68. The van der Waals surface area contributed by atoms with Crippen molar-refractivity contribution in [3.63, 3.8) is 0 Å². The first-order chi connectivity index (χ1) is 24.8. The van der Waals surface area contributed by atoms with Crippen molar-refractivity contribution in [2.75, 3.05) is 0 Å². The average molecular weight is 642 g/mol. The van der Waals surface area contributed by atoms with Crippen LogP contribution in [0.4, 0.5) is 0 Å². The highest BCUT2D eigenvalue weighted by molar-refractivity contribution is 5.94. The third-order valence-electron chi connectivity index (χ3n) is 10.2. The molecule has 50 heavy (non-hydrogen) atoms. The van der Waals surface area contributed by atoms with Crippen molar-refractivity contribution >= 4 is 23.1 Å². The van der Waals surface area contributed by atoms with E-state index in [2.05, 4.69) is 97.1 Å². The lowest BCUT2D eigenvalue weighted by molar-refractivity contribution is 0.549. The lowest BCUT2D eigenvalue weighted by Gasteiger charge is -2.23. The van der Waals surface area contributed by atoms with Crippen LogP contribution >= 0.6 is 0 Å². The van der Waals surface area contributed by atoms with Gasteiger partial charge in [-0.05, 0) is 63.9 Å². The number of fused-ring (bicyclic) bond motifs is 6. The fourth-order valence-corrected chi connectivity index (χ4v) is 7.90. The third kappa shape index (κ3) is 4.72. The molecule has 2 unspecified atom stereocenters. The first-order valence-corrected chi connectivity index (χ1v) is 17.2. The first kappa shape index (κ1) is 28.6. The Morgan fingerprint density at radius 2 is 1.08 bits per heavy atom. The second kappa shape index (κ2) is 11.6. The molecule has 0 bridgehead atoms. The van der Waals surface area contributed by atoms with Crippen LogP contribution in [0.2, 0.25) is 0 Å². The highest BCUT2D eigenvalue weighted by atomic mass is 16.3. The first-order valence-electron chi connectivity index (χ1n) is 17.2. The van der Waals surface area contributed by atoms with Crippen LogP contribution in [-0.4, -0.2) is 15.0 Å². The number of benzene rings is 6. The molecular weight excluding hydrogens is 611 g/mol. The van der Waals surface area contributed by atoms with Gasteiger partial charge in [-0.25, -0.2) is 15.0 Å². The van der Waals surface area contributed by atoms with Crippen LogP contribution in [0.15, 0.2) is 156 Å². The van der Waals surface area contributed by atoms with Gasteiger partial charge in [-0.15, -0.1) is 0 Å². The Morgan fingerprint density at radius 3 is 1.80 bits per heavy atom. The van der Waals surface area contributed by atoms with Crippen molar-refractivity contribution in [2.45, 2.75) is 12.3 Å². The number of rotatable bonds is 5. The molecule has 236 valence electrons. The molecule has 2 aliphatic rings. The molecule has 2 heterocycles. The fourth-order valence-electron chi connectivity index (χ4n) is 7.90. The molecule has 0 radical (unpaired) electrons. The van der Waals surface area contributed by atoms with Crippen molar-refractivity contribution in [2.24, 2.45) is 5.92 Å². The summed E-state index contributed by atoms with van der Waals surface area (Å²) in [5, 5.41) is 2.15. The van der Waals surface area contributed by atoms with Crippen LogP contribution in [0.3, 0.4) is 0 Å². The number of nitrogens with zero attached hydrogens (tertiary/aromatic N) is 3. The topological polar surface area (TPSA) is 51.8 Å². The van der Waals surface area contributed by atoms with Crippen molar-refractivity contribution in [1.82, 2.24) is 15.0 Å². The minimum absolute atomic E-state index is 0.229. The van der Waals surface area contributed by atoms with Crippen molar-refractivity contribution < 1.29 is 4.42 Å². The van der Waals surface area contributed by atoms with Gasteiger partial charge in [0.1, 0.15) is 11.0 Å². The quantitative estimate of drug-likeness (QED) is 0.188. The molecule has 0 spiro atoms. The van der Waals surface area contributed by atoms with Gasteiger partial charge in [-0.2, -0.15) is 0 Å². The Morgan fingerprint density at radius 1 is 0.480 bits per heavy atom. The van der Waals surface area contributed by atoms with Crippen molar-refractivity contribution in [3.8, 4) is 56.4 Å². The highest BCUT2D eigenvalue weighted by Crippen LogP contribution is 2.50. The molecule has 10 rings (SSSR count). The van der Waals surface area contributed by atoms with E-state index in [1.54, 1.807) is 0 Å². The molecule has 2 atom stereocenters. The van der Waals surface area contributed by atoms with Crippen LogP contribution in [0.5, 0.6) is 0 Å². The van der Waals surface area contributed by atoms with Gasteiger partial charge in [0, 0.05) is 33.2 Å². The smallest absolute Gasteiger partial charge is 0.164 e. The standard InChI is InChI=1S/C46H31N3O/c1-4-13-29(14-5-1)32-23-25-35-34-19-10-11-20-36(34)42(39(35)27-32)33-24-26-37-41(28-33)50-40-22-12-21-38(43(37)40)46-48-44(30-15-6-2-7-16-30)47-45(49-46)31-17-8-3-9-18-31/h1-23,25-28,33,42H,24H2. The summed E-state index contributed by atoms with van der Waals surface area (Å²) in [6, 6.07) is 53.0. The summed E-state index contributed by atoms with van der Waals surface area (Å²) in [5.41, 5.74) is 12.5. The zero-order valence-corrected chi connectivity index (χ0v) is 27.2. The molecule has 2 aromatic heterocycles. The summed E-state index contributed by atoms with van der Waals surface area (Å²) in [6.45, 7) is 0. The van der Waals surface area contributed by atoms with Crippen LogP contribution in [-0.2, 0) is 0 Å². The molecule has 0 N–H and O–H groups in total. The molecule has 6 aromatic carbocycles. The van der Waals surface area contributed by atoms with E-state index in [1.165, 1.54) is 33.4 Å². The minimum atomic E-state index is 0.229. The molecule has 0 saturated heterocycles. The minimum Gasteiger partial charge on any atom is -0.456 e. The summed E-state index contributed by atoms with van der Waals surface area (Å²) < 4.78 is 6.68. The molecular formula is C46H31N3O. The largest absolute Gasteiger partial charge is 0.456 e. The zero-order chi connectivity index (χ0) is 33.0. The Labute approximate surface area is 289 Å². The van der Waals surface area contributed by atoms with Gasteiger partial charge in [-0.3, -0.25) is 0 Å². The van der Waals surface area contributed by atoms with Gasteiger partial charge in [0.25, 0.3) is 0 Å². The van der Waals surface area contributed by atoms with E-state index in [0.717, 1.165) is 44.7 Å². The Balaban J connectivity index is 1.12. The predicted octanol–water partition coefficient (Wildman–Crippen LogP) is 9.68. The zero-order valence-electron chi connectivity index (χ0n) is 27.2. The van der Waals surface area contributed by atoms with Crippen molar-refractivity contribution in [1.29, 1.82) is 0 Å². The fraction of sp³-hybridized carbons (Fsp3) is 0.0652. The molecule has 4 heteroatoms. The number of hydrogen-bond donors (Lipinski definition) is 0. The predicted molar refractivity (Wildman–Crippen MR) is 201 cm³/mol.